The van der Waals surface area contributed by atoms with Gasteiger partial charge in [0.25, 0.3) is 0 Å². The Morgan fingerprint density at radius 2 is 2.11 bits per heavy atom. The van der Waals surface area contributed by atoms with Crippen LogP contribution in [-0.2, 0) is 9.53 Å². The van der Waals surface area contributed by atoms with Gasteiger partial charge in [-0.3, -0.25) is 10.1 Å². The average Bonchev–Trinajstić information content (AvgIpc) is 3.10. The van der Waals surface area contributed by atoms with Gasteiger partial charge in [0.1, 0.15) is 0 Å². The molecule has 2 heterocycles. The first-order valence-electron chi connectivity index (χ1n) is 7.39. The van der Waals surface area contributed by atoms with E-state index in [1.54, 1.807) is 0 Å². The van der Waals surface area contributed by atoms with Crippen molar-refractivity contribution in [3.8, 4) is 0 Å². The predicted molar refractivity (Wildman–Crippen MR) is 69.0 cm³/mol. The van der Waals surface area contributed by atoms with Crippen molar-refractivity contribution in [2.75, 3.05) is 19.8 Å². The third-order valence-electron chi connectivity index (χ3n) is 4.98. The molecule has 3 fully saturated rings. The minimum atomic E-state index is 0.284. The van der Waals surface area contributed by atoms with Crippen molar-refractivity contribution in [3.63, 3.8) is 0 Å². The first-order valence-corrected chi connectivity index (χ1v) is 7.39. The number of rotatable bonds is 3. The zero-order chi connectivity index (χ0) is 12.5. The van der Waals surface area contributed by atoms with E-state index >= 15 is 0 Å². The molecule has 18 heavy (non-hydrogen) atoms. The second kappa shape index (κ2) is 5.17. The molecule has 1 aliphatic carbocycles. The predicted octanol–water partition coefficient (Wildman–Crippen LogP) is 1.36. The standard InChI is InChI=1S/C14H24N2O2/c1-10(12-6-7-18-9-12)16-13(17)8-15-14(16)11-4-2-3-5-11/h10-12,14-15H,2-9H2,1H3. The molecule has 4 nitrogen and oxygen atoms in total. The van der Waals surface area contributed by atoms with Crippen molar-refractivity contribution in [1.82, 2.24) is 10.2 Å². The summed E-state index contributed by atoms with van der Waals surface area (Å²) in [5.74, 6) is 1.48. The van der Waals surface area contributed by atoms with Crippen LogP contribution in [0.4, 0.5) is 0 Å². The van der Waals surface area contributed by atoms with Crippen LogP contribution in [0.2, 0.25) is 0 Å². The maximum atomic E-state index is 12.2. The maximum Gasteiger partial charge on any atom is 0.238 e. The van der Waals surface area contributed by atoms with E-state index in [0.717, 1.165) is 19.6 Å². The molecule has 0 spiro atoms. The normalized spacial score (nSPS) is 35.6. The summed E-state index contributed by atoms with van der Waals surface area (Å²) >= 11 is 0. The molecule has 0 bridgehead atoms. The fraction of sp³-hybridized carbons (Fsp3) is 0.929. The summed E-state index contributed by atoms with van der Waals surface area (Å²) in [5.41, 5.74) is 0. The lowest BCUT2D eigenvalue weighted by Gasteiger charge is -2.36. The van der Waals surface area contributed by atoms with Gasteiger partial charge in [0.05, 0.1) is 19.3 Å². The summed E-state index contributed by atoms with van der Waals surface area (Å²) in [6, 6.07) is 0.320. The van der Waals surface area contributed by atoms with Gasteiger partial charge in [0.15, 0.2) is 0 Å². The van der Waals surface area contributed by atoms with Crippen molar-refractivity contribution in [2.45, 2.75) is 51.2 Å². The largest absolute Gasteiger partial charge is 0.381 e. The van der Waals surface area contributed by atoms with Crippen LogP contribution in [0.15, 0.2) is 0 Å². The van der Waals surface area contributed by atoms with E-state index in [4.69, 9.17) is 4.74 Å². The number of nitrogens with one attached hydrogen (secondary N) is 1. The molecule has 3 unspecified atom stereocenters. The minimum Gasteiger partial charge on any atom is -0.381 e. The summed E-state index contributed by atoms with van der Waals surface area (Å²) in [6.45, 7) is 4.41. The van der Waals surface area contributed by atoms with E-state index in [2.05, 4.69) is 17.1 Å². The van der Waals surface area contributed by atoms with Crippen molar-refractivity contribution >= 4 is 5.91 Å². The van der Waals surface area contributed by atoms with Gasteiger partial charge >= 0.3 is 0 Å². The number of amides is 1. The molecule has 0 aromatic heterocycles. The van der Waals surface area contributed by atoms with E-state index in [1.165, 1.54) is 25.7 Å². The zero-order valence-corrected chi connectivity index (χ0v) is 11.2. The average molecular weight is 252 g/mol. The Hall–Kier alpha value is -0.610. The van der Waals surface area contributed by atoms with Crippen LogP contribution >= 0.6 is 0 Å². The van der Waals surface area contributed by atoms with E-state index in [-0.39, 0.29) is 12.1 Å². The second-order valence-corrected chi connectivity index (χ2v) is 6.04. The number of carbonyl (C=O) groups is 1. The molecule has 3 atom stereocenters. The molecule has 0 radical (unpaired) electrons. The molecule has 1 saturated carbocycles. The number of hydrogen-bond acceptors (Lipinski definition) is 3. The first-order chi connectivity index (χ1) is 8.77. The van der Waals surface area contributed by atoms with Crippen LogP contribution in [0.1, 0.15) is 39.0 Å². The van der Waals surface area contributed by atoms with Crippen LogP contribution in [-0.4, -0.2) is 42.8 Å². The Kier molecular flexibility index (Phi) is 3.57. The fourth-order valence-corrected chi connectivity index (χ4v) is 3.84. The summed E-state index contributed by atoms with van der Waals surface area (Å²) in [7, 11) is 0. The van der Waals surface area contributed by atoms with Crippen LogP contribution in [0.25, 0.3) is 0 Å². The molecule has 3 rings (SSSR count). The summed E-state index contributed by atoms with van der Waals surface area (Å²) < 4.78 is 5.48. The fourth-order valence-electron chi connectivity index (χ4n) is 3.84. The zero-order valence-electron chi connectivity index (χ0n) is 11.2. The monoisotopic (exact) mass is 252 g/mol. The van der Waals surface area contributed by atoms with Gasteiger partial charge in [-0.15, -0.1) is 0 Å². The smallest absolute Gasteiger partial charge is 0.238 e. The Balaban J connectivity index is 1.71. The summed E-state index contributed by atoms with van der Waals surface area (Å²) in [4.78, 5) is 14.3. The minimum absolute atomic E-state index is 0.284. The van der Waals surface area contributed by atoms with Crippen LogP contribution in [0, 0.1) is 11.8 Å². The molecular formula is C14H24N2O2. The Bertz CT molecular complexity index is 309. The maximum absolute atomic E-state index is 12.2. The Morgan fingerprint density at radius 1 is 1.33 bits per heavy atom. The highest BCUT2D eigenvalue weighted by Crippen LogP contribution is 2.33. The van der Waals surface area contributed by atoms with E-state index in [1.807, 2.05) is 0 Å². The molecule has 2 aliphatic heterocycles. The van der Waals surface area contributed by atoms with Gasteiger partial charge in [-0.1, -0.05) is 12.8 Å². The Labute approximate surface area is 109 Å². The SMILES string of the molecule is CC(C1CCOC1)N1C(=O)CNC1C1CCCC1. The summed E-state index contributed by atoms with van der Waals surface area (Å²) in [6.07, 6.45) is 6.58. The molecule has 3 aliphatic rings. The molecule has 2 saturated heterocycles. The van der Waals surface area contributed by atoms with Gasteiger partial charge in [-0.05, 0) is 32.1 Å². The number of nitrogens with zero attached hydrogens (tertiary/aromatic N) is 1. The van der Waals surface area contributed by atoms with E-state index < -0.39 is 0 Å². The van der Waals surface area contributed by atoms with E-state index in [0.29, 0.717) is 24.4 Å². The number of ether oxygens (including phenoxy) is 1. The molecule has 102 valence electrons. The quantitative estimate of drug-likeness (QED) is 0.824. The highest BCUT2D eigenvalue weighted by Gasteiger charge is 2.42. The molecule has 0 aromatic carbocycles. The van der Waals surface area contributed by atoms with E-state index in [9.17, 15) is 4.79 Å². The van der Waals surface area contributed by atoms with Crippen molar-refractivity contribution in [3.05, 3.63) is 0 Å². The summed E-state index contributed by atoms with van der Waals surface area (Å²) in [5, 5.41) is 3.44. The highest BCUT2D eigenvalue weighted by atomic mass is 16.5. The topological polar surface area (TPSA) is 41.6 Å². The molecule has 1 amide bonds. The van der Waals surface area contributed by atoms with Crippen LogP contribution < -0.4 is 5.32 Å². The lowest BCUT2D eigenvalue weighted by atomic mass is 9.96. The van der Waals surface area contributed by atoms with Crippen LogP contribution in [0.3, 0.4) is 0 Å². The molecule has 4 heteroatoms. The number of hydrogen-bond donors (Lipinski definition) is 1. The van der Waals surface area contributed by atoms with Gasteiger partial charge in [-0.25, -0.2) is 0 Å². The van der Waals surface area contributed by atoms with Gasteiger partial charge in [-0.2, -0.15) is 0 Å². The third-order valence-corrected chi connectivity index (χ3v) is 4.98. The van der Waals surface area contributed by atoms with Crippen molar-refractivity contribution < 1.29 is 9.53 Å². The first kappa shape index (κ1) is 12.4. The van der Waals surface area contributed by atoms with Gasteiger partial charge < -0.3 is 9.64 Å². The molecule has 1 N–H and O–H groups in total. The van der Waals surface area contributed by atoms with Crippen LogP contribution in [0.5, 0.6) is 0 Å². The molecular weight excluding hydrogens is 228 g/mol. The lowest BCUT2D eigenvalue weighted by Crippen LogP contribution is -2.49. The second-order valence-electron chi connectivity index (χ2n) is 6.04. The number of carbonyl (C=O) groups excluding carboxylic acids is 1. The third kappa shape index (κ3) is 2.16. The van der Waals surface area contributed by atoms with Crippen molar-refractivity contribution in [1.29, 1.82) is 0 Å². The van der Waals surface area contributed by atoms with Gasteiger partial charge in [0.2, 0.25) is 5.91 Å². The lowest BCUT2D eigenvalue weighted by molar-refractivity contribution is -0.132. The highest BCUT2D eigenvalue weighted by molar-refractivity contribution is 5.81. The van der Waals surface area contributed by atoms with Crippen molar-refractivity contribution in [2.24, 2.45) is 11.8 Å². The molecule has 0 aromatic rings. The van der Waals surface area contributed by atoms with Gasteiger partial charge in [0, 0.05) is 18.6 Å². The Morgan fingerprint density at radius 3 is 2.78 bits per heavy atom.